The normalized spacial score (nSPS) is 16.9. The van der Waals surface area contributed by atoms with Crippen molar-refractivity contribution in [2.24, 2.45) is 7.05 Å². The Labute approximate surface area is 164 Å². The summed E-state index contributed by atoms with van der Waals surface area (Å²) in [5.74, 6) is 0.593. The summed E-state index contributed by atoms with van der Waals surface area (Å²) in [5.41, 5.74) is 5.01. The number of aryl methyl sites for hydroxylation is 2. The fraction of sp³-hybridized carbons (Fsp3) is 0.409. The molecule has 0 radical (unpaired) electrons. The Kier molecular flexibility index (Phi) is 4.57. The molecule has 1 aromatic carbocycles. The number of H-pyrrole nitrogens is 1. The number of aromatic amines is 1. The fourth-order valence-corrected chi connectivity index (χ4v) is 4.35. The molecule has 4 rings (SSSR count). The van der Waals surface area contributed by atoms with Crippen molar-refractivity contribution >= 4 is 16.9 Å². The number of amides is 1. The quantitative estimate of drug-likeness (QED) is 0.759. The van der Waals surface area contributed by atoms with E-state index in [1.54, 1.807) is 22.6 Å². The second kappa shape index (κ2) is 6.93. The standard InChI is InChI=1S/C22H26N4O2/c1-5-18-14(3)12-15(21(27)25(18)4)22(28)26-10-6-7-19(26)20-23-16-9-8-13(2)11-17(16)24-20/h8-9,11-12,19H,5-7,10H2,1-4H3,(H,23,24). The number of carbonyl (C=O) groups excluding carboxylic acids is 1. The Morgan fingerprint density at radius 1 is 1.29 bits per heavy atom. The van der Waals surface area contributed by atoms with Crippen molar-refractivity contribution < 1.29 is 4.79 Å². The third-order valence-corrected chi connectivity index (χ3v) is 5.81. The Balaban J connectivity index is 1.72. The van der Waals surface area contributed by atoms with Crippen LogP contribution in [0.3, 0.4) is 0 Å². The zero-order chi connectivity index (χ0) is 20.0. The number of benzene rings is 1. The van der Waals surface area contributed by atoms with Gasteiger partial charge in [-0.15, -0.1) is 0 Å². The molecule has 2 aromatic heterocycles. The first-order chi connectivity index (χ1) is 13.4. The first kappa shape index (κ1) is 18.5. The second-order valence-electron chi connectivity index (χ2n) is 7.70. The average molecular weight is 378 g/mol. The highest BCUT2D eigenvalue weighted by Gasteiger charge is 2.34. The highest BCUT2D eigenvalue weighted by molar-refractivity contribution is 5.94. The lowest BCUT2D eigenvalue weighted by Gasteiger charge is -2.24. The number of pyridine rings is 1. The van der Waals surface area contributed by atoms with E-state index in [2.05, 4.69) is 11.1 Å². The topological polar surface area (TPSA) is 71.0 Å². The molecule has 1 atom stereocenters. The van der Waals surface area contributed by atoms with E-state index in [-0.39, 0.29) is 23.1 Å². The number of rotatable bonds is 3. The summed E-state index contributed by atoms with van der Waals surface area (Å²) < 4.78 is 1.61. The van der Waals surface area contributed by atoms with Crippen molar-refractivity contribution in [2.45, 2.75) is 46.1 Å². The Hall–Kier alpha value is -2.89. The van der Waals surface area contributed by atoms with Crippen LogP contribution in [0.4, 0.5) is 0 Å². The van der Waals surface area contributed by atoms with Crippen molar-refractivity contribution in [3.8, 4) is 0 Å². The van der Waals surface area contributed by atoms with Crippen LogP contribution >= 0.6 is 0 Å². The number of aromatic nitrogens is 3. The van der Waals surface area contributed by atoms with E-state index >= 15 is 0 Å². The van der Waals surface area contributed by atoms with Gasteiger partial charge in [0.2, 0.25) is 0 Å². The van der Waals surface area contributed by atoms with E-state index in [1.165, 1.54) is 0 Å². The molecule has 1 fully saturated rings. The summed E-state index contributed by atoms with van der Waals surface area (Å²) in [6, 6.07) is 7.72. The Bertz CT molecular complexity index is 1130. The average Bonchev–Trinajstić information content (AvgIpc) is 3.30. The minimum atomic E-state index is -0.224. The summed E-state index contributed by atoms with van der Waals surface area (Å²) in [5, 5.41) is 0. The van der Waals surface area contributed by atoms with Gasteiger partial charge >= 0.3 is 0 Å². The van der Waals surface area contributed by atoms with Crippen LogP contribution in [0.2, 0.25) is 0 Å². The maximum atomic E-state index is 13.3. The van der Waals surface area contributed by atoms with Gasteiger partial charge < -0.3 is 14.5 Å². The van der Waals surface area contributed by atoms with Gasteiger partial charge in [-0.1, -0.05) is 13.0 Å². The van der Waals surface area contributed by atoms with Crippen LogP contribution < -0.4 is 5.56 Å². The third kappa shape index (κ3) is 2.93. The number of carbonyl (C=O) groups is 1. The van der Waals surface area contributed by atoms with E-state index in [4.69, 9.17) is 4.98 Å². The molecule has 28 heavy (non-hydrogen) atoms. The predicted octanol–water partition coefficient (Wildman–Crippen LogP) is 3.42. The maximum absolute atomic E-state index is 13.3. The molecule has 1 unspecified atom stereocenters. The zero-order valence-corrected chi connectivity index (χ0v) is 16.9. The van der Waals surface area contributed by atoms with Gasteiger partial charge in [0.15, 0.2) is 0 Å². The van der Waals surface area contributed by atoms with E-state index in [1.807, 2.05) is 32.9 Å². The van der Waals surface area contributed by atoms with Crippen molar-refractivity contribution in [3.63, 3.8) is 0 Å². The SMILES string of the molecule is CCc1c(C)cc(C(=O)N2CCCC2c2nc3ccc(C)cc3[nH]2)c(=O)n1C. The van der Waals surface area contributed by atoms with Crippen LogP contribution in [-0.4, -0.2) is 31.9 Å². The number of imidazole rings is 1. The van der Waals surface area contributed by atoms with Crippen LogP contribution in [-0.2, 0) is 13.5 Å². The number of nitrogens with zero attached hydrogens (tertiary/aromatic N) is 3. The summed E-state index contributed by atoms with van der Waals surface area (Å²) in [7, 11) is 1.74. The smallest absolute Gasteiger partial charge is 0.263 e. The van der Waals surface area contributed by atoms with Gasteiger partial charge in [0.25, 0.3) is 11.5 Å². The molecule has 1 saturated heterocycles. The first-order valence-electron chi connectivity index (χ1n) is 9.87. The number of hydrogen-bond acceptors (Lipinski definition) is 3. The van der Waals surface area contributed by atoms with Crippen molar-refractivity contribution in [3.05, 3.63) is 62.8 Å². The van der Waals surface area contributed by atoms with Crippen LogP contribution in [0.5, 0.6) is 0 Å². The molecule has 1 N–H and O–H groups in total. The molecule has 146 valence electrons. The summed E-state index contributed by atoms with van der Waals surface area (Å²) in [6.07, 6.45) is 2.51. The van der Waals surface area contributed by atoms with Gasteiger partial charge in [-0.3, -0.25) is 9.59 Å². The van der Waals surface area contributed by atoms with Crippen molar-refractivity contribution in [1.82, 2.24) is 19.4 Å². The molecule has 0 bridgehead atoms. The molecular formula is C22H26N4O2. The van der Waals surface area contributed by atoms with Gasteiger partial charge in [0, 0.05) is 19.3 Å². The monoisotopic (exact) mass is 378 g/mol. The maximum Gasteiger partial charge on any atom is 0.263 e. The molecule has 1 aliphatic heterocycles. The zero-order valence-electron chi connectivity index (χ0n) is 16.9. The van der Waals surface area contributed by atoms with Gasteiger partial charge in [-0.2, -0.15) is 0 Å². The number of likely N-dealkylation sites (tertiary alicyclic amines) is 1. The summed E-state index contributed by atoms with van der Waals surface area (Å²) in [4.78, 5) is 36.0. The second-order valence-corrected chi connectivity index (χ2v) is 7.70. The molecule has 1 aliphatic rings. The fourth-order valence-electron chi connectivity index (χ4n) is 4.35. The Morgan fingerprint density at radius 3 is 2.82 bits per heavy atom. The van der Waals surface area contributed by atoms with Crippen molar-refractivity contribution in [2.75, 3.05) is 6.54 Å². The lowest BCUT2D eigenvalue weighted by atomic mass is 10.1. The molecule has 0 spiro atoms. The van der Waals surface area contributed by atoms with Crippen LogP contribution in [0, 0.1) is 13.8 Å². The lowest BCUT2D eigenvalue weighted by Crippen LogP contribution is -2.37. The largest absolute Gasteiger partial charge is 0.340 e. The number of hydrogen-bond donors (Lipinski definition) is 1. The molecule has 1 amide bonds. The molecule has 0 aliphatic carbocycles. The van der Waals surface area contributed by atoms with E-state index in [9.17, 15) is 9.59 Å². The van der Waals surface area contributed by atoms with Crippen LogP contribution in [0.1, 0.15) is 58.8 Å². The number of nitrogens with one attached hydrogen (secondary N) is 1. The summed E-state index contributed by atoms with van der Waals surface area (Å²) >= 11 is 0. The number of fused-ring (bicyclic) bond motifs is 1. The molecule has 6 nitrogen and oxygen atoms in total. The van der Waals surface area contributed by atoms with Crippen LogP contribution in [0.25, 0.3) is 11.0 Å². The predicted molar refractivity (Wildman–Crippen MR) is 110 cm³/mol. The lowest BCUT2D eigenvalue weighted by molar-refractivity contribution is 0.0728. The third-order valence-electron chi connectivity index (χ3n) is 5.81. The van der Waals surface area contributed by atoms with Gasteiger partial charge in [0.1, 0.15) is 11.4 Å². The highest BCUT2D eigenvalue weighted by Crippen LogP contribution is 2.32. The molecule has 6 heteroatoms. The Morgan fingerprint density at radius 2 is 2.07 bits per heavy atom. The van der Waals surface area contributed by atoms with Crippen molar-refractivity contribution in [1.29, 1.82) is 0 Å². The molecular weight excluding hydrogens is 352 g/mol. The van der Waals surface area contributed by atoms with Gasteiger partial charge in [0.05, 0.1) is 17.1 Å². The molecule has 0 saturated carbocycles. The van der Waals surface area contributed by atoms with Crippen LogP contribution in [0.15, 0.2) is 29.1 Å². The summed E-state index contributed by atoms with van der Waals surface area (Å²) in [6.45, 7) is 6.65. The molecule has 3 aromatic rings. The van der Waals surface area contributed by atoms with E-state index in [0.29, 0.717) is 6.54 Å². The molecule has 3 heterocycles. The van der Waals surface area contributed by atoms with Gasteiger partial charge in [-0.05, 0) is 62.4 Å². The minimum Gasteiger partial charge on any atom is -0.340 e. The van der Waals surface area contributed by atoms with Gasteiger partial charge in [-0.25, -0.2) is 4.98 Å². The highest BCUT2D eigenvalue weighted by atomic mass is 16.2. The first-order valence-corrected chi connectivity index (χ1v) is 9.87. The van der Waals surface area contributed by atoms with E-state index in [0.717, 1.165) is 52.9 Å². The minimum absolute atomic E-state index is 0.129. The van der Waals surface area contributed by atoms with E-state index < -0.39 is 0 Å².